The second-order valence-electron chi connectivity index (χ2n) is 4.58. The number of alkyl halides is 3. The van der Waals surface area contributed by atoms with E-state index in [1.807, 2.05) is 0 Å². The standard InChI is InChI=1S/C13H14F3N3O2/c1-21-11(20)6-9-2-4-19(5-3-9)12-17-7-10(8-18-12)13(14,15)16/h6-8H,2-5H2,1H3. The lowest BCUT2D eigenvalue weighted by Gasteiger charge is -2.28. The molecule has 0 unspecified atom stereocenters. The van der Waals surface area contributed by atoms with Gasteiger partial charge < -0.3 is 9.64 Å². The molecule has 1 aromatic heterocycles. The van der Waals surface area contributed by atoms with Crippen molar-refractivity contribution >= 4 is 11.9 Å². The predicted octanol–water partition coefficient (Wildman–Crippen LogP) is 2.20. The van der Waals surface area contributed by atoms with Crippen LogP contribution in [0.25, 0.3) is 0 Å². The summed E-state index contributed by atoms with van der Waals surface area (Å²) in [6.07, 6.45) is -0.176. The summed E-state index contributed by atoms with van der Waals surface area (Å²) in [5.74, 6) is -0.135. The van der Waals surface area contributed by atoms with Crippen molar-refractivity contribution in [2.75, 3.05) is 25.1 Å². The Morgan fingerprint density at radius 2 is 1.86 bits per heavy atom. The molecule has 2 rings (SSSR count). The number of ether oxygens (including phenoxy) is 1. The molecule has 0 radical (unpaired) electrons. The van der Waals surface area contributed by atoms with E-state index in [0.29, 0.717) is 25.9 Å². The lowest BCUT2D eigenvalue weighted by molar-refractivity contribution is -0.138. The van der Waals surface area contributed by atoms with Gasteiger partial charge in [0.1, 0.15) is 0 Å². The third-order valence-electron chi connectivity index (χ3n) is 3.18. The summed E-state index contributed by atoms with van der Waals surface area (Å²) in [6, 6.07) is 0. The number of hydrogen-bond donors (Lipinski definition) is 0. The van der Waals surface area contributed by atoms with E-state index < -0.39 is 17.7 Å². The molecule has 0 bridgehead atoms. The fraction of sp³-hybridized carbons (Fsp3) is 0.462. The highest BCUT2D eigenvalue weighted by molar-refractivity contribution is 5.82. The molecule has 0 atom stereocenters. The van der Waals surface area contributed by atoms with Crippen molar-refractivity contribution in [2.24, 2.45) is 0 Å². The van der Waals surface area contributed by atoms with Crippen molar-refractivity contribution in [3.8, 4) is 0 Å². The summed E-state index contributed by atoms with van der Waals surface area (Å²) in [5.41, 5.74) is 0.0829. The number of methoxy groups -OCH3 is 1. The Balaban J connectivity index is 1.99. The van der Waals surface area contributed by atoms with E-state index in [0.717, 1.165) is 18.0 Å². The lowest BCUT2D eigenvalue weighted by atomic mass is 10.0. The molecular formula is C13H14F3N3O2. The normalized spacial score (nSPS) is 15.8. The number of rotatable bonds is 2. The van der Waals surface area contributed by atoms with Gasteiger partial charge in [-0.3, -0.25) is 0 Å². The van der Waals surface area contributed by atoms with Gasteiger partial charge in [-0.1, -0.05) is 5.57 Å². The second-order valence-corrected chi connectivity index (χ2v) is 4.58. The Bertz CT molecular complexity index is 531. The number of carbonyl (C=O) groups excluding carboxylic acids is 1. The first-order chi connectivity index (χ1) is 9.90. The van der Waals surface area contributed by atoms with Crippen LogP contribution in [0, 0.1) is 0 Å². The van der Waals surface area contributed by atoms with Gasteiger partial charge in [0.05, 0.1) is 12.7 Å². The molecule has 1 saturated heterocycles. The Hall–Kier alpha value is -2.12. The number of piperidine rings is 1. The Kier molecular flexibility index (Phi) is 4.44. The summed E-state index contributed by atoms with van der Waals surface area (Å²) in [4.78, 5) is 20.4. The molecule has 5 nitrogen and oxygen atoms in total. The van der Waals surface area contributed by atoms with Gasteiger partial charge in [0.2, 0.25) is 5.95 Å². The maximum Gasteiger partial charge on any atom is 0.419 e. The van der Waals surface area contributed by atoms with Crippen LogP contribution in [-0.4, -0.2) is 36.1 Å². The van der Waals surface area contributed by atoms with E-state index in [2.05, 4.69) is 14.7 Å². The number of carbonyl (C=O) groups is 1. The molecule has 0 saturated carbocycles. The van der Waals surface area contributed by atoms with Crippen LogP contribution in [0.15, 0.2) is 24.0 Å². The fourth-order valence-electron chi connectivity index (χ4n) is 1.99. The van der Waals surface area contributed by atoms with Gasteiger partial charge in [0.15, 0.2) is 0 Å². The number of aromatic nitrogens is 2. The van der Waals surface area contributed by atoms with Crippen molar-refractivity contribution in [3.05, 3.63) is 29.6 Å². The summed E-state index contributed by atoms with van der Waals surface area (Å²) < 4.78 is 41.8. The minimum Gasteiger partial charge on any atom is -0.466 e. The molecule has 2 heterocycles. The van der Waals surface area contributed by atoms with Crippen LogP contribution in [0.5, 0.6) is 0 Å². The van der Waals surface area contributed by atoms with Crippen LogP contribution >= 0.6 is 0 Å². The molecule has 0 aromatic carbocycles. The van der Waals surface area contributed by atoms with Gasteiger partial charge in [-0.05, 0) is 12.8 Å². The zero-order chi connectivity index (χ0) is 15.5. The van der Waals surface area contributed by atoms with Crippen LogP contribution in [0.1, 0.15) is 18.4 Å². The van der Waals surface area contributed by atoms with Gasteiger partial charge in [-0.15, -0.1) is 0 Å². The Labute approximate surface area is 119 Å². The predicted molar refractivity (Wildman–Crippen MR) is 68.6 cm³/mol. The van der Waals surface area contributed by atoms with Gasteiger partial charge in [0, 0.05) is 31.6 Å². The van der Waals surface area contributed by atoms with Crippen molar-refractivity contribution in [2.45, 2.75) is 19.0 Å². The highest BCUT2D eigenvalue weighted by atomic mass is 19.4. The van der Waals surface area contributed by atoms with E-state index in [9.17, 15) is 18.0 Å². The van der Waals surface area contributed by atoms with Crippen molar-refractivity contribution in [1.29, 1.82) is 0 Å². The number of hydrogen-bond acceptors (Lipinski definition) is 5. The molecule has 0 spiro atoms. The smallest absolute Gasteiger partial charge is 0.419 e. The molecule has 1 aromatic rings. The molecular weight excluding hydrogens is 287 g/mol. The third kappa shape index (κ3) is 3.93. The van der Waals surface area contributed by atoms with E-state index >= 15 is 0 Å². The molecule has 0 N–H and O–H groups in total. The third-order valence-corrected chi connectivity index (χ3v) is 3.18. The van der Waals surface area contributed by atoms with Gasteiger partial charge in [0.25, 0.3) is 0 Å². The highest BCUT2D eigenvalue weighted by Gasteiger charge is 2.31. The summed E-state index contributed by atoms with van der Waals surface area (Å²) in [7, 11) is 1.31. The number of halogens is 3. The number of nitrogens with zero attached hydrogens (tertiary/aromatic N) is 3. The maximum absolute atomic E-state index is 12.4. The van der Waals surface area contributed by atoms with E-state index in [1.165, 1.54) is 13.2 Å². The first kappa shape index (κ1) is 15.3. The summed E-state index contributed by atoms with van der Waals surface area (Å²) in [6.45, 7) is 1.10. The van der Waals surface area contributed by atoms with Crippen LogP contribution in [0.4, 0.5) is 19.1 Å². The van der Waals surface area contributed by atoms with Crippen molar-refractivity contribution < 1.29 is 22.7 Å². The van der Waals surface area contributed by atoms with Gasteiger partial charge >= 0.3 is 12.1 Å². The Morgan fingerprint density at radius 1 is 1.29 bits per heavy atom. The minimum absolute atomic E-state index is 0.264. The van der Waals surface area contributed by atoms with E-state index in [4.69, 9.17) is 0 Å². The first-order valence-corrected chi connectivity index (χ1v) is 6.31. The molecule has 0 amide bonds. The zero-order valence-electron chi connectivity index (χ0n) is 11.4. The summed E-state index contributed by atoms with van der Waals surface area (Å²) >= 11 is 0. The molecule has 8 heteroatoms. The van der Waals surface area contributed by atoms with Crippen LogP contribution in [-0.2, 0) is 15.7 Å². The quantitative estimate of drug-likeness (QED) is 0.619. The Morgan fingerprint density at radius 3 is 2.33 bits per heavy atom. The number of esters is 1. The fourth-order valence-corrected chi connectivity index (χ4v) is 1.99. The molecule has 1 fully saturated rings. The van der Waals surface area contributed by atoms with Crippen molar-refractivity contribution in [1.82, 2.24) is 9.97 Å². The average molecular weight is 301 g/mol. The molecule has 0 aliphatic carbocycles. The van der Waals surface area contributed by atoms with Crippen molar-refractivity contribution in [3.63, 3.8) is 0 Å². The maximum atomic E-state index is 12.4. The molecule has 1 aliphatic heterocycles. The highest BCUT2D eigenvalue weighted by Crippen LogP contribution is 2.28. The first-order valence-electron chi connectivity index (χ1n) is 6.31. The average Bonchev–Trinajstić information content (AvgIpc) is 2.47. The van der Waals surface area contributed by atoms with Gasteiger partial charge in [-0.25, -0.2) is 14.8 Å². The molecule has 114 valence electrons. The largest absolute Gasteiger partial charge is 0.466 e. The topological polar surface area (TPSA) is 55.3 Å². The van der Waals surface area contributed by atoms with Crippen LogP contribution in [0.2, 0.25) is 0 Å². The lowest BCUT2D eigenvalue weighted by Crippen LogP contribution is -2.32. The second kappa shape index (κ2) is 6.11. The van der Waals surface area contributed by atoms with E-state index in [1.54, 1.807) is 4.90 Å². The molecule has 1 aliphatic rings. The van der Waals surface area contributed by atoms with Crippen LogP contribution in [0.3, 0.4) is 0 Å². The van der Waals surface area contributed by atoms with Gasteiger partial charge in [-0.2, -0.15) is 13.2 Å². The number of anilines is 1. The zero-order valence-corrected chi connectivity index (χ0v) is 11.4. The van der Waals surface area contributed by atoms with E-state index in [-0.39, 0.29) is 5.95 Å². The monoisotopic (exact) mass is 301 g/mol. The molecule has 21 heavy (non-hydrogen) atoms. The van der Waals surface area contributed by atoms with Crippen LogP contribution < -0.4 is 4.90 Å². The SMILES string of the molecule is COC(=O)C=C1CCN(c2ncc(C(F)(F)F)cn2)CC1. The minimum atomic E-state index is -4.43. The summed E-state index contributed by atoms with van der Waals surface area (Å²) in [5, 5.41) is 0.